The van der Waals surface area contributed by atoms with E-state index in [0.717, 1.165) is 0 Å². The summed E-state index contributed by atoms with van der Waals surface area (Å²) in [6.07, 6.45) is 0. The van der Waals surface area contributed by atoms with Gasteiger partial charge in [0.15, 0.2) is 0 Å². The first-order valence-corrected chi connectivity index (χ1v) is 1.70. The Morgan fingerprint density at radius 1 is 1.14 bits per heavy atom. The second kappa shape index (κ2) is 5.59. The molecular formula is C4H9IMgO. The molecule has 0 fully saturated rings. The van der Waals surface area contributed by atoms with Crippen LogP contribution in [0.25, 0.3) is 0 Å². The third-order valence-electron chi connectivity index (χ3n) is 0. The molecule has 0 aromatic heterocycles. The first-order chi connectivity index (χ1) is 2.00. The Bertz CT molecular complexity index is 27.2. The van der Waals surface area contributed by atoms with E-state index in [2.05, 4.69) is 0 Å². The molecule has 0 bridgehead atoms. The fraction of sp³-hybridized carbons (Fsp3) is 1.00. The van der Waals surface area contributed by atoms with Crippen LogP contribution in [0.1, 0.15) is 20.8 Å². The Morgan fingerprint density at radius 3 is 1.14 bits per heavy atom. The molecule has 0 aliphatic rings. The molecule has 0 radical (unpaired) electrons. The van der Waals surface area contributed by atoms with Crippen LogP contribution in [0.5, 0.6) is 0 Å². The Morgan fingerprint density at radius 2 is 1.14 bits per heavy atom. The maximum absolute atomic E-state index is 10.1. The van der Waals surface area contributed by atoms with E-state index < -0.39 is 5.60 Å². The fourth-order valence-electron chi connectivity index (χ4n) is 0. The maximum atomic E-state index is 10.1. The molecule has 0 aliphatic carbocycles. The molecule has 0 atom stereocenters. The van der Waals surface area contributed by atoms with Crippen LogP contribution in [-0.2, 0) is 0 Å². The summed E-state index contributed by atoms with van der Waals surface area (Å²) in [5, 5.41) is 10.1. The van der Waals surface area contributed by atoms with Gasteiger partial charge in [-0.1, -0.05) is 20.8 Å². The van der Waals surface area contributed by atoms with E-state index in [1.807, 2.05) is 0 Å². The van der Waals surface area contributed by atoms with Crippen LogP contribution in [0.3, 0.4) is 0 Å². The second-order valence-corrected chi connectivity index (χ2v) is 2.11. The second-order valence-electron chi connectivity index (χ2n) is 2.11. The van der Waals surface area contributed by atoms with Crippen molar-refractivity contribution in [2.75, 3.05) is 0 Å². The van der Waals surface area contributed by atoms with Crippen LogP contribution in [0.15, 0.2) is 0 Å². The van der Waals surface area contributed by atoms with Crippen molar-refractivity contribution in [3.63, 3.8) is 0 Å². The summed E-state index contributed by atoms with van der Waals surface area (Å²) in [5.41, 5.74) is -0.750. The first kappa shape index (κ1) is 15.8. The summed E-state index contributed by atoms with van der Waals surface area (Å²) in [7, 11) is 0. The molecule has 0 N–H and O–H groups in total. The molecule has 0 heterocycles. The van der Waals surface area contributed by atoms with Crippen LogP contribution >= 0.6 is 0 Å². The fourth-order valence-corrected chi connectivity index (χ4v) is 0. The van der Waals surface area contributed by atoms with E-state index in [-0.39, 0.29) is 47.0 Å². The Kier molecular flexibility index (Phi) is 12.6. The molecule has 0 aromatic rings. The van der Waals surface area contributed by atoms with Gasteiger partial charge in [-0.25, -0.2) is 0 Å². The van der Waals surface area contributed by atoms with Crippen LogP contribution in [0.2, 0.25) is 0 Å². The van der Waals surface area contributed by atoms with E-state index in [4.69, 9.17) is 0 Å². The Hall–Kier alpha value is 1.46. The minimum Gasteiger partial charge on any atom is -1.00 e. The summed E-state index contributed by atoms with van der Waals surface area (Å²) in [4.78, 5) is 0. The summed E-state index contributed by atoms with van der Waals surface area (Å²) in [5.74, 6) is 0. The van der Waals surface area contributed by atoms with Gasteiger partial charge in [0.25, 0.3) is 0 Å². The molecule has 40 valence electrons. The smallest absolute Gasteiger partial charge is 1.00 e. The topological polar surface area (TPSA) is 23.1 Å². The zero-order chi connectivity index (χ0) is 4.50. The quantitative estimate of drug-likeness (QED) is 0.313. The molecule has 1 nitrogen and oxygen atoms in total. The van der Waals surface area contributed by atoms with Gasteiger partial charge >= 0.3 is 23.1 Å². The number of hydrogen-bond donors (Lipinski definition) is 0. The van der Waals surface area contributed by atoms with Gasteiger partial charge < -0.3 is 29.1 Å². The zero-order valence-electron chi connectivity index (χ0n) is 4.99. The van der Waals surface area contributed by atoms with Crippen molar-refractivity contribution >= 4 is 23.1 Å². The minimum atomic E-state index is -0.750. The van der Waals surface area contributed by atoms with Gasteiger partial charge in [0.2, 0.25) is 0 Å². The largest absolute Gasteiger partial charge is 2.00 e. The van der Waals surface area contributed by atoms with Gasteiger partial charge in [-0.15, -0.1) is 5.60 Å². The van der Waals surface area contributed by atoms with Crippen molar-refractivity contribution in [2.24, 2.45) is 0 Å². The monoisotopic (exact) mass is 224 g/mol. The van der Waals surface area contributed by atoms with Crippen molar-refractivity contribution in [3.8, 4) is 0 Å². The molecule has 0 saturated carbocycles. The molecule has 0 rings (SSSR count). The summed E-state index contributed by atoms with van der Waals surface area (Å²) >= 11 is 0. The predicted molar refractivity (Wildman–Crippen MR) is 25.5 cm³/mol. The molecule has 0 amide bonds. The van der Waals surface area contributed by atoms with Gasteiger partial charge in [-0.2, -0.15) is 0 Å². The van der Waals surface area contributed by atoms with E-state index in [1.165, 1.54) is 0 Å². The van der Waals surface area contributed by atoms with E-state index in [1.54, 1.807) is 20.8 Å². The summed E-state index contributed by atoms with van der Waals surface area (Å²) in [6.45, 7) is 4.90. The standard InChI is InChI=1S/C4H9O.HI.Mg/c1-4(2,3)5;;/h1-3H3;1H;/q-1;;+2/p-1. The van der Waals surface area contributed by atoms with E-state index in [9.17, 15) is 5.11 Å². The number of halogens is 1. The Labute approximate surface area is 78.0 Å². The summed E-state index contributed by atoms with van der Waals surface area (Å²) in [6, 6.07) is 0. The van der Waals surface area contributed by atoms with Gasteiger partial charge in [0.05, 0.1) is 0 Å². The molecule has 7 heavy (non-hydrogen) atoms. The molecular weight excluding hydrogens is 215 g/mol. The van der Waals surface area contributed by atoms with E-state index >= 15 is 0 Å². The normalized spacial score (nSPS) is 8.57. The zero-order valence-corrected chi connectivity index (χ0v) is 8.57. The van der Waals surface area contributed by atoms with Crippen LogP contribution < -0.4 is 29.1 Å². The van der Waals surface area contributed by atoms with Gasteiger partial charge in [-0.05, 0) is 0 Å². The maximum Gasteiger partial charge on any atom is 2.00 e. The first-order valence-electron chi connectivity index (χ1n) is 1.70. The SMILES string of the molecule is CC(C)(C)[O-].[I-].[Mg+2]. The molecule has 0 unspecified atom stereocenters. The van der Waals surface area contributed by atoms with Crippen molar-refractivity contribution in [1.29, 1.82) is 0 Å². The van der Waals surface area contributed by atoms with Crippen LogP contribution in [0, 0.1) is 0 Å². The van der Waals surface area contributed by atoms with Crippen molar-refractivity contribution < 1.29 is 29.1 Å². The van der Waals surface area contributed by atoms with Crippen molar-refractivity contribution in [3.05, 3.63) is 0 Å². The van der Waals surface area contributed by atoms with Gasteiger partial charge in [0.1, 0.15) is 0 Å². The van der Waals surface area contributed by atoms with Gasteiger partial charge in [0, 0.05) is 0 Å². The predicted octanol–water partition coefficient (Wildman–Crippen LogP) is -3.23. The van der Waals surface area contributed by atoms with Crippen LogP contribution in [0.4, 0.5) is 0 Å². The van der Waals surface area contributed by atoms with Gasteiger partial charge in [-0.3, -0.25) is 0 Å². The van der Waals surface area contributed by atoms with Crippen molar-refractivity contribution in [1.82, 2.24) is 0 Å². The average Bonchev–Trinajstić information content (AvgIpc) is 0.722. The van der Waals surface area contributed by atoms with Crippen LogP contribution in [-0.4, -0.2) is 28.7 Å². The molecule has 0 aromatic carbocycles. The third kappa shape index (κ3) is 105. The number of rotatable bonds is 0. The molecule has 0 saturated heterocycles. The Balaban J connectivity index is -0.0000000800. The van der Waals surface area contributed by atoms with Crippen molar-refractivity contribution in [2.45, 2.75) is 26.4 Å². The minimum absolute atomic E-state index is 0. The summed E-state index contributed by atoms with van der Waals surface area (Å²) < 4.78 is 0. The average molecular weight is 224 g/mol. The van der Waals surface area contributed by atoms with E-state index in [0.29, 0.717) is 0 Å². The molecule has 0 spiro atoms. The number of hydrogen-bond acceptors (Lipinski definition) is 1. The molecule has 0 aliphatic heterocycles. The molecule has 3 heteroatoms. The third-order valence-corrected chi connectivity index (χ3v) is 0.